The Bertz CT molecular complexity index is 833. The number of benzene rings is 1. The molecule has 0 atom stereocenters. The van der Waals surface area contributed by atoms with Crippen molar-refractivity contribution in [1.82, 2.24) is 9.88 Å². The van der Waals surface area contributed by atoms with Crippen molar-refractivity contribution in [2.45, 2.75) is 20.4 Å². The molecule has 0 amide bonds. The summed E-state index contributed by atoms with van der Waals surface area (Å²) < 4.78 is 5.63. The van der Waals surface area contributed by atoms with Gasteiger partial charge in [-0.1, -0.05) is 18.2 Å². The quantitative estimate of drug-likeness (QED) is 0.698. The average Bonchev–Trinajstić information content (AvgIpc) is 3.30. The number of hydrogen-bond acceptors (Lipinski definition) is 5. The molecule has 0 saturated carbocycles. The van der Waals surface area contributed by atoms with Gasteiger partial charge in [0.2, 0.25) is 5.89 Å². The SMILES string of the molecule is Cc1cccc(N2CCN(Cc3coc(-c4cccs4)n3)CC2)c1C. The van der Waals surface area contributed by atoms with E-state index in [-0.39, 0.29) is 0 Å². The molecule has 4 rings (SSSR count). The Balaban J connectivity index is 1.37. The first-order valence-corrected chi connectivity index (χ1v) is 9.60. The largest absolute Gasteiger partial charge is 0.444 e. The minimum absolute atomic E-state index is 0.735. The monoisotopic (exact) mass is 353 g/mol. The summed E-state index contributed by atoms with van der Waals surface area (Å²) in [6.45, 7) is 9.47. The molecule has 0 unspecified atom stereocenters. The summed E-state index contributed by atoms with van der Waals surface area (Å²) >= 11 is 1.66. The van der Waals surface area contributed by atoms with Crippen LogP contribution in [-0.2, 0) is 6.54 Å². The molecule has 3 aromatic rings. The van der Waals surface area contributed by atoms with Crippen molar-refractivity contribution in [3.63, 3.8) is 0 Å². The minimum atomic E-state index is 0.735. The van der Waals surface area contributed by atoms with E-state index in [0.717, 1.165) is 49.2 Å². The summed E-state index contributed by atoms with van der Waals surface area (Å²) in [5.74, 6) is 0.735. The van der Waals surface area contributed by atoms with Gasteiger partial charge in [0, 0.05) is 38.4 Å². The maximum absolute atomic E-state index is 5.63. The van der Waals surface area contributed by atoms with Gasteiger partial charge < -0.3 is 9.32 Å². The zero-order chi connectivity index (χ0) is 17.2. The fourth-order valence-electron chi connectivity index (χ4n) is 3.35. The Kier molecular flexibility index (Phi) is 4.59. The number of oxazole rings is 1. The smallest absolute Gasteiger partial charge is 0.236 e. The molecule has 1 aromatic carbocycles. The third-order valence-electron chi connectivity index (χ3n) is 4.96. The second-order valence-corrected chi connectivity index (χ2v) is 7.55. The van der Waals surface area contributed by atoms with E-state index in [9.17, 15) is 0 Å². The molecule has 3 heterocycles. The summed E-state index contributed by atoms with van der Waals surface area (Å²) in [6.07, 6.45) is 1.80. The van der Waals surface area contributed by atoms with Crippen molar-refractivity contribution >= 4 is 17.0 Å². The first kappa shape index (κ1) is 16.4. The van der Waals surface area contributed by atoms with Crippen molar-refractivity contribution in [3.05, 3.63) is 58.8 Å². The second-order valence-electron chi connectivity index (χ2n) is 6.60. The highest BCUT2D eigenvalue weighted by Gasteiger charge is 2.20. The first-order chi connectivity index (χ1) is 12.2. The Morgan fingerprint density at radius 1 is 1.08 bits per heavy atom. The zero-order valence-electron chi connectivity index (χ0n) is 14.7. The number of hydrogen-bond donors (Lipinski definition) is 0. The van der Waals surface area contributed by atoms with Crippen LogP contribution in [0.4, 0.5) is 5.69 Å². The van der Waals surface area contributed by atoms with Crippen LogP contribution in [-0.4, -0.2) is 36.1 Å². The van der Waals surface area contributed by atoms with Crippen LogP contribution in [0.5, 0.6) is 0 Å². The van der Waals surface area contributed by atoms with Gasteiger partial charge in [-0.2, -0.15) is 0 Å². The lowest BCUT2D eigenvalue weighted by atomic mass is 10.1. The predicted molar refractivity (Wildman–Crippen MR) is 103 cm³/mol. The number of piperazine rings is 1. The maximum atomic E-state index is 5.63. The van der Waals surface area contributed by atoms with E-state index in [2.05, 4.69) is 46.8 Å². The molecule has 2 aromatic heterocycles. The molecule has 1 aliphatic heterocycles. The topological polar surface area (TPSA) is 32.5 Å². The molecule has 0 bridgehead atoms. The molecule has 25 heavy (non-hydrogen) atoms. The number of rotatable bonds is 4. The molecule has 5 heteroatoms. The van der Waals surface area contributed by atoms with Gasteiger partial charge in [-0.15, -0.1) is 11.3 Å². The first-order valence-electron chi connectivity index (χ1n) is 8.72. The molecule has 1 aliphatic rings. The third-order valence-corrected chi connectivity index (χ3v) is 5.82. The summed E-state index contributed by atoms with van der Waals surface area (Å²) in [6, 6.07) is 10.7. The molecule has 0 N–H and O–H groups in total. The molecule has 0 radical (unpaired) electrons. The number of thiophene rings is 1. The lowest BCUT2D eigenvalue weighted by molar-refractivity contribution is 0.247. The van der Waals surface area contributed by atoms with Crippen LogP contribution < -0.4 is 4.90 Å². The number of aromatic nitrogens is 1. The lowest BCUT2D eigenvalue weighted by Gasteiger charge is -2.36. The van der Waals surface area contributed by atoms with Crippen LogP contribution in [0.3, 0.4) is 0 Å². The van der Waals surface area contributed by atoms with E-state index < -0.39 is 0 Å². The van der Waals surface area contributed by atoms with E-state index in [0.29, 0.717) is 0 Å². The van der Waals surface area contributed by atoms with Gasteiger partial charge in [-0.3, -0.25) is 4.90 Å². The highest BCUT2D eigenvalue weighted by molar-refractivity contribution is 7.13. The fraction of sp³-hybridized carbons (Fsp3) is 0.350. The van der Waals surface area contributed by atoms with Crippen LogP contribution in [0.2, 0.25) is 0 Å². The van der Waals surface area contributed by atoms with E-state index >= 15 is 0 Å². The normalized spacial score (nSPS) is 15.7. The van der Waals surface area contributed by atoms with Crippen LogP contribution >= 0.6 is 11.3 Å². The van der Waals surface area contributed by atoms with Crippen LogP contribution in [0, 0.1) is 13.8 Å². The van der Waals surface area contributed by atoms with Gasteiger partial charge in [0.15, 0.2) is 0 Å². The summed E-state index contributed by atoms with van der Waals surface area (Å²) in [5, 5.41) is 2.05. The Hall–Kier alpha value is -2.11. The average molecular weight is 353 g/mol. The fourth-order valence-corrected chi connectivity index (χ4v) is 4.00. The van der Waals surface area contributed by atoms with Gasteiger partial charge in [0.1, 0.15) is 6.26 Å². The van der Waals surface area contributed by atoms with Crippen LogP contribution in [0.25, 0.3) is 10.8 Å². The summed E-state index contributed by atoms with van der Waals surface area (Å²) in [5.41, 5.74) is 5.15. The summed E-state index contributed by atoms with van der Waals surface area (Å²) in [7, 11) is 0. The van der Waals surface area contributed by atoms with Gasteiger partial charge in [-0.25, -0.2) is 4.98 Å². The number of aryl methyl sites for hydroxylation is 1. The van der Waals surface area contributed by atoms with Crippen LogP contribution in [0.1, 0.15) is 16.8 Å². The molecule has 1 saturated heterocycles. The Morgan fingerprint density at radius 3 is 2.68 bits per heavy atom. The van der Waals surface area contributed by atoms with Crippen molar-refractivity contribution in [2.75, 3.05) is 31.1 Å². The van der Waals surface area contributed by atoms with Gasteiger partial charge in [-0.05, 0) is 42.5 Å². The molecule has 0 aliphatic carbocycles. The zero-order valence-corrected chi connectivity index (χ0v) is 15.6. The Labute approximate surface area is 152 Å². The standard InChI is InChI=1S/C20H23N3OS/c1-15-5-3-6-18(16(15)2)23-10-8-22(9-11-23)13-17-14-24-20(21-17)19-7-4-12-25-19/h3-7,12,14H,8-11,13H2,1-2H3. The maximum Gasteiger partial charge on any atom is 0.236 e. The molecule has 4 nitrogen and oxygen atoms in total. The number of anilines is 1. The van der Waals surface area contributed by atoms with Gasteiger partial charge in [0.25, 0.3) is 0 Å². The predicted octanol–water partition coefficient (Wildman–Crippen LogP) is 4.34. The second kappa shape index (κ2) is 7.02. The Morgan fingerprint density at radius 2 is 1.92 bits per heavy atom. The van der Waals surface area contributed by atoms with Gasteiger partial charge >= 0.3 is 0 Å². The lowest BCUT2D eigenvalue weighted by Crippen LogP contribution is -2.46. The van der Waals surface area contributed by atoms with Gasteiger partial charge in [0.05, 0.1) is 10.6 Å². The summed E-state index contributed by atoms with van der Waals surface area (Å²) in [4.78, 5) is 10.7. The highest BCUT2D eigenvalue weighted by Crippen LogP contribution is 2.26. The molecular formula is C20H23N3OS. The van der Waals surface area contributed by atoms with Crippen molar-refractivity contribution in [1.29, 1.82) is 0 Å². The highest BCUT2D eigenvalue weighted by atomic mass is 32.1. The minimum Gasteiger partial charge on any atom is -0.444 e. The van der Waals surface area contributed by atoms with Crippen molar-refractivity contribution in [2.24, 2.45) is 0 Å². The van der Waals surface area contributed by atoms with E-state index in [4.69, 9.17) is 4.42 Å². The molecular weight excluding hydrogens is 330 g/mol. The third kappa shape index (κ3) is 3.48. The number of nitrogens with zero attached hydrogens (tertiary/aromatic N) is 3. The van der Waals surface area contributed by atoms with E-state index in [1.165, 1.54) is 16.8 Å². The van der Waals surface area contributed by atoms with Crippen molar-refractivity contribution in [3.8, 4) is 10.8 Å². The van der Waals surface area contributed by atoms with E-state index in [1.807, 2.05) is 17.5 Å². The van der Waals surface area contributed by atoms with Crippen molar-refractivity contribution < 1.29 is 4.42 Å². The molecule has 130 valence electrons. The molecule has 1 fully saturated rings. The van der Waals surface area contributed by atoms with Crippen LogP contribution in [0.15, 0.2) is 46.4 Å². The van der Waals surface area contributed by atoms with E-state index in [1.54, 1.807) is 17.6 Å². The molecule has 0 spiro atoms.